The molecule has 0 aromatic heterocycles. The number of hydrogen-bond acceptors (Lipinski definition) is 2. The molecule has 0 aliphatic carbocycles. The van der Waals surface area contributed by atoms with Gasteiger partial charge in [-0.15, -0.1) is 6.58 Å². The second kappa shape index (κ2) is 5.38. The molecule has 98 valence electrons. The minimum absolute atomic E-state index is 0.142. The molecule has 2 aromatic rings. The third-order valence-corrected chi connectivity index (χ3v) is 3.94. The van der Waals surface area contributed by atoms with Crippen molar-refractivity contribution in [2.45, 2.75) is 10.8 Å². The molecule has 2 N–H and O–H groups in total. The number of nitrogens with two attached hydrogens (primary N) is 1. The lowest BCUT2D eigenvalue weighted by Crippen LogP contribution is -2.16. The topological polar surface area (TPSA) is 60.2 Å². The molecule has 0 fully saturated rings. The maximum absolute atomic E-state index is 11.6. The largest absolute Gasteiger partial charge is 0.238 e. The standard InChI is InChI=1S/C15H15NO2S/c1-2-13(12-8-4-3-5-9-12)14-10-6-7-11-15(14)19(16,17)18/h2-11,13H,1H2,(H2,16,17,18). The highest BCUT2D eigenvalue weighted by Crippen LogP contribution is 2.29. The molecule has 0 saturated carbocycles. The summed E-state index contributed by atoms with van der Waals surface area (Å²) in [7, 11) is -3.74. The van der Waals surface area contributed by atoms with Crippen LogP contribution in [0.5, 0.6) is 0 Å². The minimum atomic E-state index is -3.74. The number of sulfonamides is 1. The normalized spacial score (nSPS) is 12.9. The minimum Gasteiger partial charge on any atom is -0.225 e. The first kappa shape index (κ1) is 13.5. The molecular formula is C15H15NO2S. The molecule has 2 aromatic carbocycles. The van der Waals surface area contributed by atoms with Gasteiger partial charge in [0.05, 0.1) is 4.90 Å². The van der Waals surface area contributed by atoms with Gasteiger partial charge < -0.3 is 0 Å². The lowest BCUT2D eigenvalue weighted by molar-refractivity contribution is 0.596. The van der Waals surface area contributed by atoms with Gasteiger partial charge in [-0.1, -0.05) is 54.6 Å². The Balaban J connectivity index is 2.61. The molecule has 0 heterocycles. The molecule has 1 atom stereocenters. The van der Waals surface area contributed by atoms with Crippen LogP contribution in [0.25, 0.3) is 0 Å². The van der Waals surface area contributed by atoms with Crippen molar-refractivity contribution in [1.29, 1.82) is 0 Å². The van der Waals surface area contributed by atoms with Crippen molar-refractivity contribution in [3.8, 4) is 0 Å². The van der Waals surface area contributed by atoms with Gasteiger partial charge in [0.25, 0.3) is 0 Å². The number of primary sulfonamides is 1. The monoisotopic (exact) mass is 273 g/mol. The predicted molar refractivity (Wildman–Crippen MR) is 76.3 cm³/mol. The fourth-order valence-corrected chi connectivity index (χ4v) is 2.89. The van der Waals surface area contributed by atoms with E-state index in [1.807, 2.05) is 30.3 Å². The molecular weight excluding hydrogens is 258 g/mol. The number of rotatable bonds is 4. The zero-order valence-electron chi connectivity index (χ0n) is 10.4. The Hall–Kier alpha value is -1.91. The van der Waals surface area contributed by atoms with Crippen LogP contribution < -0.4 is 5.14 Å². The molecule has 3 nitrogen and oxygen atoms in total. The summed E-state index contributed by atoms with van der Waals surface area (Å²) in [4.78, 5) is 0.142. The Bertz CT molecular complexity index is 678. The van der Waals surface area contributed by atoms with Crippen LogP contribution in [0.4, 0.5) is 0 Å². The van der Waals surface area contributed by atoms with E-state index in [2.05, 4.69) is 6.58 Å². The maximum Gasteiger partial charge on any atom is 0.238 e. The van der Waals surface area contributed by atoms with Gasteiger partial charge in [-0.25, -0.2) is 13.6 Å². The molecule has 0 radical (unpaired) electrons. The molecule has 1 unspecified atom stereocenters. The van der Waals surface area contributed by atoms with Gasteiger partial charge in [0.2, 0.25) is 10.0 Å². The zero-order valence-corrected chi connectivity index (χ0v) is 11.2. The molecule has 0 amide bonds. The van der Waals surface area contributed by atoms with Gasteiger partial charge in [0.15, 0.2) is 0 Å². The predicted octanol–water partition coefficient (Wildman–Crippen LogP) is 2.65. The molecule has 19 heavy (non-hydrogen) atoms. The summed E-state index contributed by atoms with van der Waals surface area (Å²) in [5.74, 6) is -0.198. The molecule has 2 rings (SSSR count). The van der Waals surface area contributed by atoms with Crippen molar-refractivity contribution < 1.29 is 8.42 Å². The lowest BCUT2D eigenvalue weighted by Gasteiger charge is -2.16. The highest BCUT2D eigenvalue weighted by molar-refractivity contribution is 7.89. The van der Waals surface area contributed by atoms with E-state index in [1.165, 1.54) is 6.07 Å². The molecule has 4 heteroatoms. The summed E-state index contributed by atoms with van der Waals surface area (Å²) in [6, 6.07) is 16.3. The Labute approximate surface area is 113 Å². The lowest BCUT2D eigenvalue weighted by atomic mass is 9.91. The van der Waals surface area contributed by atoms with Crippen molar-refractivity contribution in [3.05, 3.63) is 78.4 Å². The van der Waals surface area contributed by atoms with Gasteiger partial charge in [-0.05, 0) is 17.2 Å². The van der Waals surface area contributed by atoms with E-state index < -0.39 is 10.0 Å². The van der Waals surface area contributed by atoms with Crippen LogP contribution in [0.3, 0.4) is 0 Å². The zero-order chi connectivity index (χ0) is 13.9. The van der Waals surface area contributed by atoms with Crippen LogP contribution in [0.15, 0.2) is 72.1 Å². The summed E-state index contributed by atoms with van der Waals surface area (Å²) in [5, 5.41) is 5.27. The smallest absolute Gasteiger partial charge is 0.225 e. The fourth-order valence-electron chi connectivity index (χ4n) is 2.10. The van der Waals surface area contributed by atoms with Gasteiger partial charge in [-0.3, -0.25) is 0 Å². The van der Waals surface area contributed by atoms with E-state index in [4.69, 9.17) is 5.14 Å². The second-order valence-electron chi connectivity index (χ2n) is 4.21. The highest BCUT2D eigenvalue weighted by atomic mass is 32.2. The average molecular weight is 273 g/mol. The number of allylic oxidation sites excluding steroid dienone is 1. The second-order valence-corrected chi connectivity index (χ2v) is 5.74. The molecule has 0 saturated heterocycles. The first-order valence-electron chi connectivity index (χ1n) is 5.83. The van der Waals surface area contributed by atoms with Crippen LogP contribution in [-0.4, -0.2) is 8.42 Å². The van der Waals surface area contributed by atoms with Crippen LogP contribution in [0.2, 0.25) is 0 Å². The van der Waals surface area contributed by atoms with Gasteiger partial charge in [0.1, 0.15) is 0 Å². The molecule has 0 bridgehead atoms. The van der Waals surface area contributed by atoms with E-state index in [0.717, 1.165) is 5.56 Å². The SMILES string of the molecule is C=CC(c1ccccc1)c1ccccc1S(N)(=O)=O. The van der Waals surface area contributed by atoms with Crippen LogP contribution in [0, 0.1) is 0 Å². The summed E-state index contributed by atoms with van der Waals surface area (Å²) < 4.78 is 23.3. The van der Waals surface area contributed by atoms with Crippen molar-refractivity contribution in [2.75, 3.05) is 0 Å². The van der Waals surface area contributed by atoms with E-state index in [0.29, 0.717) is 5.56 Å². The van der Waals surface area contributed by atoms with E-state index in [-0.39, 0.29) is 10.8 Å². The quantitative estimate of drug-likeness (QED) is 0.871. The van der Waals surface area contributed by atoms with Crippen molar-refractivity contribution in [2.24, 2.45) is 5.14 Å². The first-order valence-corrected chi connectivity index (χ1v) is 7.38. The summed E-state index contributed by atoms with van der Waals surface area (Å²) in [5.41, 5.74) is 1.62. The third-order valence-electron chi connectivity index (χ3n) is 2.95. The molecule has 0 aliphatic rings. The summed E-state index contributed by atoms with van der Waals surface area (Å²) in [6.45, 7) is 3.80. The number of benzene rings is 2. The van der Waals surface area contributed by atoms with Gasteiger partial charge in [0, 0.05) is 5.92 Å². The van der Waals surface area contributed by atoms with Crippen LogP contribution >= 0.6 is 0 Å². The first-order chi connectivity index (χ1) is 9.04. The fraction of sp³-hybridized carbons (Fsp3) is 0.0667. The molecule has 0 aliphatic heterocycles. The van der Waals surface area contributed by atoms with Crippen LogP contribution in [-0.2, 0) is 10.0 Å². The summed E-state index contributed by atoms with van der Waals surface area (Å²) >= 11 is 0. The Kier molecular flexibility index (Phi) is 3.83. The third kappa shape index (κ3) is 2.92. The van der Waals surface area contributed by atoms with E-state index in [1.54, 1.807) is 24.3 Å². The summed E-state index contributed by atoms with van der Waals surface area (Å²) in [6.07, 6.45) is 1.72. The van der Waals surface area contributed by atoms with E-state index in [9.17, 15) is 8.42 Å². The van der Waals surface area contributed by atoms with Crippen molar-refractivity contribution in [1.82, 2.24) is 0 Å². The Morgan fingerprint density at radius 2 is 1.58 bits per heavy atom. The average Bonchev–Trinajstić information content (AvgIpc) is 2.40. The van der Waals surface area contributed by atoms with Crippen LogP contribution in [0.1, 0.15) is 17.0 Å². The van der Waals surface area contributed by atoms with Crippen molar-refractivity contribution >= 4 is 10.0 Å². The maximum atomic E-state index is 11.6. The number of hydrogen-bond donors (Lipinski definition) is 1. The Morgan fingerprint density at radius 3 is 2.16 bits per heavy atom. The molecule has 0 spiro atoms. The van der Waals surface area contributed by atoms with Crippen molar-refractivity contribution in [3.63, 3.8) is 0 Å². The van der Waals surface area contributed by atoms with E-state index >= 15 is 0 Å². The van der Waals surface area contributed by atoms with Gasteiger partial charge in [-0.2, -0.15) is 0 Å². The van der Waals surface area contributed by atoms with Gasteiger partial charge >= 0.3 is 0 Å². The highest BCUT2D eigenvalue weighted by Gasteiger charge is 2.19. The Morgan fingerprint density at radius 1 is 1.00 bits per heavy atom.